The standard InChI is InChI=1S/C17H25N3O/c1-4-5-6-7-11-15-16(17(18)20(2)19-15)13-9-8-10-14(12-13)21-3/h8-10,12H,4-7,11,18H2,1-3H3. The van der Waals surface area contributed by atoms with Crippen molar-refractivity contribution < 1.29 is 4.74 Å². The lowest BCUT2D eigenvalue weighted by Crippen LogP contribution is -1.98. The number of rotatable bonds is 7. The van der Waals surface area contributed by atoms with Gasteiger partial charge in [0.25, 0.3) is 0 Å². The third kappa shape index (κ3) is 3.57. The summed E-state index contributed by atoms with van der Waals surface area (Å²) in [4.78, 5) is 0. The number of hydrogen-bond acceptors (Lipinski definition) is 3. The molecule has 4 heteroatoms. The SMILES string of the molecule is CCCCCCc1nn(C)c(N)c1-c1cccc(OC)c1. The number of nitrogens with zero attached hydrogens (tertiary/aromatic N) is 2. The molecule has 0 amide bonds. The molecule has 4 nitrogen and oxygen atoms in total. The normalized spacial score (nSPS) is 10.8. The molecule has 2 aromatic rings. The number of unbranched alkanes of at least 4 members (excludes halogenated alkanes) is 3. The average Bonchev–Trinajstić information content (AvgIpc) is 2.79. The van der Waals surface area contributed by atoms with Gasteiger partial charge in [-0.1, -0.05) is 38.3 Å². The minimum atomic E-state index is 0.716. The van der Waals surface area contributed by atoms with Crippen LogP contribution in [0.1, 0.15) is 38.3 Å². The van der Waals surface area contributed by atoms with E-state index in [1.54, 1.807) is 11.8 Å². The van der Waals surface area contributed by atoms with Crippen LogP contribution in [-0.2, 0) is 13.5 Å². The third-order valence-corrected chi connectivity index (χ3v) is 3.79. The second kappa shape index (κ2) is 7.16. The van der Waals surface area contributed by atoms with Crippen LogP contribution in [0.4, 0.5) is 5.82 Å². The molecule has 0 saturated heterocycles. The molecule has 2 rings (SSSR count). The zero-order valence-corrected chi connectivity index (χ0v) is 13.2. The van der Waals surface area contributed by atoms with Crippen LogP contribution in [0.25, 0.3) is 11.1 Å². The van der Waals surface area contributed by atoms with E-state index >= 15 is 0 Å². The summed E-state index contributed by atoms with van der Waals surface area (Å²) in [5, 5.41) is 4.59. The van der Waals surface area contributed by atoms with Crippen LogP contribution in [0, 0.1) is 0 Å². The summed E-state index contributed by atoms with van der Waals surface area (Å²) in [5.74, 6) is 1.56. The first kappa shape index (κ1) is 15.4. The summed E-state index contributed by atoms with van der Waals surface area (Å²) >= 11 is 0. The first-order valence-electron chi connectivity index (χ1n) is 7.63. The Bertz CT molecular complexity index is 590. The van der Waals surface area contributed by atoms with E-state index in [4.69, 9.17) is 10.5 Å². The molecule has 0 aliphatic rings. The van der Waals surface area contributed by atoms with Crippen molar-refractivity contribution in [1.29, 1.82) is 0 Å². The zero-order valence-electron chi connectivity index (χ0n) is 13.2. The second-order valence-corrected chi connectivity index (χ2v) is 5.37. The Morgan fingerprint density at radius 2 is 2.05 bits per heavy atom. The number of ether oxygens (including phenoxy) is 1. The van der Waals surface area contributed by atoms with E-state index in [-0.39, 0.29) is 0 Å². The Labute approximate surface area is 126 Å². The van der Waals surface area contributed by atoms with E-state index in [2.05, 4.69) is 18.1 Å². The van der Waals surface area contributed by atoms with Gasteiger partial charge in [-0.15, -0.1) is 0 Å². The van der Waals surface area contributed by atoms with Crippen molar-refractivity contribution in [2.75, 3.05) is 12.8 Å². The molecule has 1 aromatic carbocycles. The minimum Gasteiger partial charge on any atom is -0.497 e. The van der Waals surface area contributed by atoms with Gasteiger partial charge in [0.1, 0.15) is 11.6 Å². The summed E-state index contributed by atoms with van der Waals surface area (Å²) in [6, 6.07) is 8.01. The lowest BCUT2D eigenvalue weighted by molar-refractivity contribution is 0.415. The van der Waals surface area contributed by atoms with Gasteiger partial charge in [0.2, 0.25) is 0 Å². The van der Waals surface area contributed by atoms with Gasteiger partial charge in [0, 0.05) is 12.6 Å². The van der Waals surface area contributed by atoms with Crippen LogP contribution < -0.4 is 10.5 Å². The van der Waals surface area contributed by atoms with Crippen LogP contribution in [0.15, 0.2) is 24.3 Å². The van der Waals surface area contributed by atoms with Crippen molar-refractivity contribution in [3.05, 3.63) is 30.0 Å². The molecule has 114 valence electrons. The van der Waals surface area contributed by atoms with Crippen molar-refractivity contribution in [2.24, 2.45) is 7.05 Å². The highest BCUT2D eigenvalue weighted by atomic mass is 16.5. The Morgan fingerprint density at radius 1 is 1.24 bits per heavy atom. The molecule has 0 radical (unpaired) electrons. The Balaban J connectivity index is 2.28. The van der Waals surface area contributed by atoms with Crippen molar-refractivity contribution in [1.82, 2.24) is 9.78 Å². The van der Waals surface area contributed by atoms with E-state index < -0.39 is 0 Å². The summed E-state index contributed by atoms with van der Waals surface area (Å²) in [7, 11) is 3.58. The fraction of sp³-hybridized carbons (Fsp3) is 0.471. The second-order valence-electron chi connectivity index (χ2n) is 5.37. The summed E-state index contributed by atoms with van der Waals surface area (Å²) in [5.41, 5.74) is 9.42. The molecule has 0 fully saturated rings. The number of aryl methyl sites for hydroxylation is 2. The maximum Gasteiger partial charge on any atom is 0.129 e. The van der Waals surface area contributed by atoms with Crippen molar-refractivity contribution in [3.63, 3.8) is 0 Å². The number of benzene rings is 1. The van der Waals surface area contributed by atoms with Crippen LogP contribution in [0.3, 0.4) is 0 Å². The summed E-state index contributed by atoms with van der Waals surface area (Å²) in [6.45, 7) is 2.22. The van der Waals surface area contributed by atoms with Crippen LogP contribution >= 0.6 is 0 Å². The largest absolute Gasteiger partial charge is 0.497 e. The number of aromatic nitrogens is 2. The maximum absolute atomic E-state index is 6.22. The summed E-state index contributed by atoms with van der Waals surface area (Å²) in [6.07, 6.45) is 5.88. The van der Waals surface area contributed by atoms with E-state index in [0.717, 1.165) is 35.4 Å². The fourth-order valence-electron chi connectivity index (χ4n) is 2.58. The molecule has 2 N–H and O–H groups in total. The molecule has 0 unspecified atom stereocenters. The molecule has 21 heavy (non-hydrogen) atoms. The Hall–Kier alpha value is -1.97. The predicted molar refractivity (Wildman–Crippen MR) is 87.5 cm³/mol. The van der Waals surface area contributed by atoms with Crippen molar-refractivity contribution >= 4 is 5.82 Å². The number of nitrogen functional groups attached to an aromatic ring is 1. The maximum atomic E-state index is 6.22. The lowest BCUT2D eigenvalue weighted by Gasteiger charge is -2.06. The van der Waals surface area contributed by atoms with Gasteiger partial charge in [0.05, 0.1) is 12.8 Å². The number of hydrogen-bond donors (Lipinski definition) is 1. The van der Waals surface area contributed by atoms with Crippen molar-refractivity contribution in [2.45, 2.75) is 39.0 Å². The lowest BCUT2D eigenvalue weighted by atomic mass is 10.0. The topological polar surface area (TPSA) is 53.1 Å². The molecule has 0 aliphatic carbocycles. The van der Waals surface area contributed by atoms with E-state index in [1.807, 2.05) is 25.2 Å². The molecule has 1 heterocycles. The first-order valence-corrected chi connectivity index (χ1v) is 7.63. The fourth-order valence-corrected chi connectivity index (χ4v) is 2.58. The third-order valence-electron chi connectivity index (χ3n) is 3.79. The van der Waals surface area contributed by atoms with Gasteiger partial charge in [-0.05, 0) is 30.5 Å². The smallest absolute Gasteiger partial charge is 0.129 e. The number of anilines is 1. The summed E-state index contributed by atoms with van der Waals surface area (Å²) < 4.78 is 7.08. The number of methoxy groups -OCH3 is 1. The number of nitrogens with two attached hydrogens (primary N) is 1. The van der Waals surface area contributed by atoms with Gasteiger partial charge in [0.15, 0.2) is 0 Å². The molecule has 0 aliphatic heterocycles. The molecule has 0 atom stereocenters. The van der Waals surface area contributed by atoms with Crippen LogP contribution in [0.5, 0.6) is 5.75 Å². The highest BCUT2D eigenvalue weighted by Gasteiger charge is 2.15. The average molecular weight is 287 g/mol. The quantitative estimate of drug-likeness (QED) is 0.788. The van der Waals surface area contributed by atoms with Crippen LogP contribution in [-0.4, -0.2) is 16.9 Å². The first-order chi connectivity index (χ1) is 10.2. The highest BCUT2D eigenvalue weighted by Crippen LogP contribution is 2.32. The van der Waals surface area contributed by atoms with E-state index in [0.29, 0.717) is 5.82 Å². The van der Waals surface area contributed by atoms with E-state index in [1.165, 1.54) is 19.3 Å². The van der Waals surface area contributed by atoms with Crippen LogP contribution in [0.2, 0.25) is 0 Å². The Morgan fingerprint density at radius 3 is 2.76 bits per heavy atom. The van der Waals surface area contributed by atoms with E-state index in [9.17, 15) is 0 Å². The Kier molecular flexibility index (Phi) is 5.26. The zero-order chi connectivity index (χ0) is 15.2. The van der Waals surface area contributed by atoms with Gasteiger partial charge >= 0.3 is 0 Å². The molecule has 0 spiro atoms. The molecular formula is C17H25N3O. The van der Waals surface area contributed by atoms with Gasteiger partial charge in [-0.3, -0.25) is 4.68 Å². The monoisotopic (exact) mass is 287 g/mol. The minimum absolute atomic E-state index is 0.716. The molecule has 1 aromatic heterocycles. The van der Waals surface area contributed by atoms with Gasteiger partial charge in [-0.2, -0.15) is 5.10 Å². The van der Waals surface area contributed by atoms with Gasteiger partial charge < -0.3 is 10.5 Å². The molecule has 0 saturated carbocycles. The van der Waals surface area contributed by atoms with Gasteiger partial charge in [-0.25, -0.2) is 0 Å². The molecular weight excluding hydrogens is 262 g/mol. The highest BCUT2D eigenvalue weighted by molar-refractivity contribution is 5.77. The molecule has 0 bridgehead atoms. The van der Waals surface area contributed by atoms with Crippen molar-refractivity contribution in [3.8, 4) is 16.9 Å². The predicted octanol–water partition coefficient (Wildman–Crippen LogP) is 3.80.